The molecule has 3 heterocycles. The summed E-state index contributed by atoms with van der Waals surface area (Å²) in [6.45, 7) is 15.7. The van der Waals surface area contributed by atoms with E-state index in [0.717, 1.165) is 80.4 Å². The van der Waals surface area contributed by atoms with Gasteiger partial charge in [0.05, 0.1) is 40.4 Å². The van der Waals surface area contributed by atoms with Crippen LogP contribution >= 0.6 is 0 Å². The second kappa shape index (κ2) is 16.7. The Bertz CT molecular complexity index is 1860. The molecule has 1 aromatic carbocycles. The third kappa shape index (κ3) is 10.5. The topological polar surface area (TPSA) is 83.3 Å². The van der Waals surface area contributed by atoms with Gasteiger partial charge in [-0.2, -0.15) is 31.4 Å². The fourth-order valence-corrected chi connectivity index (χ4v) is 6.48. The molecule has 6 rings (SSSR count). The monoisotopic (exact) mass is 774 g/mol. The fourth-order valence-electron chi connectivity index (χ4n) is 6.48. The highest BCUT2D eigenvalue weighted by atomic mass is 19.4. The number of hydrogen-bond donors (Lipinski definition) is 0. The normalized spacial score (nSPS) is 14.8. The van der Waals surface area contributed by atoms with E-state index >= 15 is 0 Å². The molecule has 55 heavy (non-hydrogen) atoms. The molecule has 15 heteroatoms. The molecule has 4 aromatic rings. The number of unbranched alkanes of at least 4 members (excludes halogenated alkanes) is 1. The summed E-state index contributed by atoms with van der Waals surface area (Å²) in [5.74, 6) is 1.81. The Morgan fingerprint density at radius 1 is 0.836 bits per heavy atom. The van der Waals surface area contributed by atoms with Crippen LogP contribution in [0.15, 0.2) is 36.7 Å². The van der Waals surface area contributed by atoms with Crippen LogP contribution in [0.1, 0.15) is 108 Å². The predicted molar refractivity (Wildman–Crippen MR) is 203 cm³/mol. The summed E-state index contributed by atoms with van der Waals surface area (Å²) >= 11 is 0. The minimum atomic E-state index is -5.01. The minimum Gasteiger partial charge on any atom is -0.356 e. The number of alkyl halides is 6. The number of hydrogen-bond acceptors (Lipinski definition) is 7. The fraction of sp³-hybridized carbons (Fsp3) is 0.575. The van der Waals surface area contributed by atoms with Crippen LogP contribution in [0.2, 0.25) is 0 Å². The third-order valence-electron chi connectivity index (χ3n) is 9.69. The number of halogens is 6. The maximum absolute atomic E-state index is 14.0. The average molecular weight is 775 g/mol. The molecule has 1 amide bonds. The standard InChI is InChI=1S/C38H46F6N8O.C2H6/c1-6-7-12-49(23-53)31-17-45-35(46-18-31)51(21-27-13-29(37(39,40)41)16-30(14-27)38(42,43)44)22-28-15-32-24(2)48-52(36(3,4)5)34(32)47-33(28)50(19-25-8-9-25)20-26-10-11-26;1-2/h13-18,23,25-26H,6-12,19-22H2,1-5H3;1-2H3. The lowest BCUT2D eigenvalue weighted by Crippen LogP contribution is -2.32. The summed E-state index contributed by atoms with van der Waals surface area (Å²) in [5.41, 5.74) is -0.802. The first-order valence-corrected chi connectivity index (χ1v) is 19.2. The highest BCUT2D eigenvalue weighted by Gasteiger charge is 2.38. The number of anilines is 3. The van der Waals surface area contributed by atoms with Gasteiger partial charge >= 0.3 is 12.4 Å². The molecule has 300 valence electrons. The Labute approximate surface area is 319 Å². The van der Waals surface area contributed by atoms with E-state index in [1.807, 2.05) is 59.2 Å². The van der Waals surface area contributed by atoms with Crippen molar-refractivity contribution >= 4 is 34.9 Å². The van der Waals surface area contributed by atoms with Gasteiger partial charge in [0.15, 0.2) is 5.65 Å². The first-order valence-electron chi connectivity index (χ1n) is 19.2. The number of carbonyl (C=O) groups excluding carboxylic acids is 1. The van der Waals surface area contributed by atoms with E-state index in [4.69, 9.17) is 10.1 Å². The molecule has 9 nitrogen and oxygen atoms in total. The van der Waals surface area contributed by atoms with Gasteiger partial charge in [-0.25, -0.2) is 19.6 Å². The van der Waals surface area contributed by atoms with Crippen molar-refractivity contribution in [3.8, 4) is 0 Å². The molecule has 0 bridgehead atoms. The van der Waals surface area contributed by atoms with Gasteiger partial charge in [-0.15, -0.1) is 0 Å². The van der Waals surface area contributed by atoms with Crippen LogP contribution in [0.25, 0.3) is 11.0 Å². The van der Waals surface area contributed by atoms with Crippen molar-refractivity contribution in [1.82, 2.24) is 24.7 Å². The molecule has 2 aliphatic carbocycles. The number of pyridine rings is 1. The van der Waals surface area contributed by atoms with Crippen LogP contribution in [0, 0.1) is 18.8 Å². The largest absolute Gasteiger partial charge is 0.416 e. The second-order valence-electron chi connectivity index (χ2n) is 15.5. The molecule has 3 aromatic heterocycles. The summed E-state index contributed by atoms with van der Waals surface area (Å²) in [6.07, 6.45) is -0.425. The maximum atomic E-state index is 14.0. The number of amides is 1. The summed E-state index contributed by atoms with van der Waals surface area (Å²) in [4.78, 5) is 31.5. The Balaban J connectivity index is 0.00000285. The van der Waals surface area contributed by atoms with E-state index in [2.05, 4.69) is 14.9 Å². The first kappa shape index (κ1) is 41.7. The van der Waals surface area contributed by atoms with Gasteiger partial charge in [-0.1, -0.05) is 27.2 Å². The number of rotatable bonds is 15. The van der Waals surface area contributed by atoms with Crippen LogP contribution in [0.5, 0.6) is 0 Å². The number of nitrogens with zero attached hydrogens (tertiary/aromatic N) is 8. The maximum Gasteiger partial charge on any atom is 0.416 e. The number of benzene rings is 1. The van der Waals surface area contributed by atoms with Crippen molar-refractivity contribution in [2.75, 3.05) is 34.3 Å². The van der Waals surface area contributed by atoms with E-state index in [-0.39, 0.29) is 36.2 Å². The summed E-state index contributed by atoms with van der Waals surface area (Å²) in [5, 5.41) is 5.62. The number of aromatic nitrogens is 5. The van der Waals surface area contributed by atoms with Crippen molar-refractivity contribution in [1.29, 1.82) is 0 Å². The first-order chi connectivity index (χ1) is 25.9. The van der Waals surface area contributed by atoms with Crippen LogP contribution in [-0.2, 0) is 35.8 Å². The highest BCUT2D eigenvalue weighted by Crippen LogP contribution is 2.40. The van der Waals surface area contributed by atoms with Gasteiger partial charge < -0.3 is 14.7 Å². The summed E-state index contributed by atoms with van der Waals surface area (Å²) < 4.78 is 85.6. The predicted octanol–water partition coefficient (Wildman–Crippen LogP) is 9.94. The van der Waals surface area contributed by atoms with E-state index in [1.165, 1.54) is 17.3 Å². The molecule has 0 spiro atoms. The van der Waals surface area contributed by atoms with Crippen molar-refractivity contribution in [3.63, 3.8) is 0 Å². The van der Waals surface area contributed by atoms with Crippen LogP contribution in [0.3, 0.4) is 0 Å². The van der Waals surface area contributed by atoms with E-state index in [0.29, 0.717) is 41.9 Å². The van der Waals surface area contributed by atoms with Gasteiger partial charge in [0.1, 0.15) is 5.82 Å². The van der Waals surface area contributed by atoms with Gasteiger partial charge in [0, 0.05) is 43.7 Å². The molecule has 0 unspecified atom stereocenters. The van der Waals surface area contributed by atoms with Gasteiger partial charge in [0.25, 0.3) is 0 Å². The molecule has 0 N–H and O–H groups in total. The molecule has 0 aliphatic heterocycles. The zero-order valence-electron chi connectivity index (χ0n) is 32.7. The van der Waals surface area contributed by atoms with E-state index in [1.54, 1.807) is 4.90 Å². The second-order valence-corrected chi connectivity index (χ2v) is 15.5. The minimum absolute atomic E-state index is 0.0222. The Morgan fingerprint density at radius 2 is 1.40 bits per heavy atom. The molecular formula is C40H52F6N8O. The molecule has 2 saturated carbocycles. The molecule has 0 saturated heterocycles. The smallest absolute Gasteiger partial charge is 0.356 e. The van der Waals surface area contributed by atoms with Crippen LogP contribution in [0.4, 0.5) is 43.8 Å². The van der Waals surface area contributed by atoms with Gasteiger partial charge in [-0.05, 0) is 101 Å². The zero-order chi connectivity index (χ0) is 40.3. The third-order valence-corrected chi connectivity index (χ3v) is 9.69. The zero-order valence-corrected chi connectivity index (χ0v) is 32.7. The number of carbonyl (C=O) groups is 1. The summed E-state index contributed by atoms with van der Waals surface area (Å²) in [6, 6.07) is 3.59. The highest BCUT2D eigenvalue weighted by molar-refractivity contribution is 5.82. The average Bonchev–Trinajstić information content (AvgIpc) is 4.08. The molecule has 2 fully saturated rings. The Kier molecular flexibility index (Phi) is 12.7. The lowest BCUT2D eigenvalue weighted by Gasteiger charge is -2.30. The van der Waals surface area contributed by atoms with Crippen molar-refractivity contribution in [3.05, 3.63) is 64.6 Å². The number of aryl methyl sites for hydroxylation is 1. The summed E-state index contributed by atoms with van der Waals surface area (Å²) in [7, 11) is 0. The van der Waals surface area contributed by atoms with E-state index in [9.17, 15) is 31.1 Å². The van der Waals surface area contributed by atoms with Gasteiger partial charge in [-0.3, -0.25) is 4.79 Å². The molecule has 0 radical (unpaired) electrons. The van der Waals surface area contributed by atoms with Crippen LogP contribution in [-0.4, -0.2) is 50.8 Å². The number of fused-ring (bicyclic) bond motifs is 1. The van der Waals surface area contributed by atoms with Gasteiger partial charge in [0.2, 0.25) is 12.4 Å². The molecule has 2 aliphatic rings. The van der Waals surface area contributed by atoms with Crippen molar-refractivity contribution < 1.29 is 31.1 Å². The SMILES string of the molecule is CC.CCCCN(C=O)c1cnc(N(Cc2cc(C(F)(F)F)cc(C(F)(F)F)c2)Cc2cc3c(C)nn(C(C)(C)C)c3nc2N(CC2CC2)CC2CC2)nc1. The lowest BCUT2D eigenvalue weighted by atomic mass is 10.0. The molecule has 0 atom stereocenters. The lowest BCUT2D eigenvalue weighted by molar-refractivity contribution is -0.143. The van der Waals surface area contributed by atoms with Crippen molar-refractivity contribution in [2.45, 2.75) is 118 Å². The van der Waals surface area contributed by atoms with Crippen molar-refractivity contribution in [2.24, 2.45) is 11.8 Å². The van der Waals surface area contributed by atoms with E-state index < -0.39 is 23.5 Å². The quantitative estimate of drug-likeness (QED) is 0.0879. The Morgan fingerprint density at radius 3 is 1.87 bits per heavy atom. The van der Waals surface area contributed by atoms with Crippen LogP contribution < -0.4 is 14.7 Å². The Hall–Kier alpha value is -4.43. The molecular weight excluding hydrogens is 722 g/mol.